The van der Waals surface area contributed by atoms with Crippen LogP contribution in [0.3, 0.4) is 0 Å². The van der Waals surface area contributed by atoms with Gasteiger partial charge in [-0.1, -0.05) is 29.3 Å². The molecule has 94 valence electrons. The van der Waals surface area contributed by atoms with Gasteiger partial charge in [-0.2, -0.15) is 0 Å². The zero-order valence-electron chi connectivity index (χ0n) is 9.89. The van der Waals surface area contributed by atoms with Gasteiger partial charge in [-0.15, -0.1) is 0 Å². The Balaban J connectivity index is 2.43. The van der Waals surface area contributed by atoms with Crippen LogP contribution in [-0.4, -0.2) is 4.98 Å². The van der Waals surface area contributed by atoms with Crippen LogP contribution in [0.1, 0.15) is 11.1 Å². The van der Waals surface area contributed by atoms with Crippen molar-refractivity contribution in [1.29, 1.82) is 0 Å². The fraction of sp³-hybridized carbons (Fsp3) is 0.154. The minimum absolute atomic E-state index is 0.569. The van der Waals surface area contributed by atoms with Crippen LogP contribution in [0.15, 0.2) is 28.9 Å². The lowest BCUT2D eigenvalue weighted by Crippen LogP contribution is -1.97. The van der Waals surface area contributed by atoms with Gasteiger partial charge in [-0.25, -0.2) is 4.98 Å². The minimum Gasteiger partial charge on any atom is -0.337 e. The van der Waals surface area contributed by atoms with Crippen LogP contribution in [0, 0.1) is 13.8 Å². The van der Waals surface area contributed by atoms with Gasteiger partial charge in [0.2, 0.25) is 0 Å². The van der Waals surface area contributed by atoms with E-state index in [2.05, 4.69) is 26.2 Å². The first-order valence-corrected chi connectivity index (χ1v) is 6.87. The molecule has 0 saturated carbocycles. The number of aryl methyl sites for hydroxylation is 2. The third-order valence-electron chi connectivity index (χ3n) is 2.51. The highest BCUT2D eigenvalue weighted by atomic mass is 79.9. The number of pyridine rings is 1. The fourth-order valence-corrected chi connectivity index (χ4v) is 2.54. The molecule has 0 radical (unpaired) electrons. The predicted molar refractivity (Wildman–Crippen MR) is 81.2 cm³/mol. The molecule has 0 amide bonds. The molecule has 2 aromatic rings. The number of nitrogens with one attached hydrogen (secondary N) is 1. The van der Waals surface area contributed by atoms with Gasteiger partial charge in [-0.3, -0.25) is 0 Å². The van der Waals surface area contributed by atoms with Crippen LogP contribution in [0.25, 0.3) is 0 Å². The molecule has 1 aromatic carbocycles. The SMILES string of the molecule is Cc1cnc(Nc2c(Cl)ccc(C)c2Cl)c(Br)c1. The summed E-state index contributed by atoms with van der Waals surface area (Å²) in [6.45, 7) is 3.91. The van der Waals surface area contributed by atoms with Crippen molar-refractivity contribution < 1.29 is 0 Å². The molecule has 1 N–H and O–H groups in total. The van der Waals surface area contributed by atoms with Gasteiger partial charge in [0.15, 0.2) is 0 Å². The first kappa shape index (κ1) is 13.7. The summed E-state index contributed by atoms with van der Waals surface area (Å²) in [4.78, 5) is 4.31. The van der Waals surface area contributed by atoms with Crippen molar-refractivity contribution in [1.82, 2.24) is 4.98 Å². The van der Waals surface area contributed by atoms with Crippen molar-refractivity contribution in [3.8, 4) is 0 Å². The van der Waals surface area contributed by atoms with E-state index < -0.39 is 0 Å². The zero-order chi connectivity index (χ0) is 13.3. The molecule has 0 aliphatic heterocycles. The molecular formula is C13H11BrCl2N2. The van der Waals surface area contributed by atoms with E-state index in [0.717, 1.165) is 15.6 Å². The van der Waals surface area contributed by atoms with E-state index in [4.69, 9.17) is 23.2 Å². The fourth-order valence-electron chi connectivity index (χ4n) is 1.52. The highest BCUT2D eigenvalue weighted by Gasteiger charge is 2.11. The molecule has 1 heterocycles. The van der Waals surface area contributed by atoms with E-state index in [9.17, 15) is 0 Å². The summed E-state index contributed by atoms with van der Waals surface area (Å²) >= 11 is 15.8. The van der Waals surface area contributed by atoms with Gasteiger partial charge in [0.1, 0.15) is 5.82 Å². The smallest absolute Gasteiger partial charge is 0.144 e. The highest BCUT2D eigenvalue weighted by Crippen LogP contribution is 2.36. The first-order chi connectivity index (χ1) is 8.49. The molecule has 0 bridgehead atoms. The van der Waals surface area contributed by atoms with E-state index in [1.54, 1.807) is 6.20 Å². The monoisotopic (exact) mass is 344 g/mol. The summed E-state index contributed by atoms with van der Waals surface area (Å²) in [7, 11) is 0. The molecule has 2 rings (SSSR count). The maximum atomic E-state index is 6.24. The van der Waals surface area contributed by atoms with Gasteiger partial charge >= 0.3 is 0 Å². The van der Waals surface area contributed by atoms with Crippen LogP contribution >= 0.6 is 39.1 Å². The Bertz CT molecular complexity index is 600. The summed E-state index contributed by atoms with van der Waals surface area (Å²) in [5.74, 6) is 0.690. The van der Waals surface area contributed by atoms with Crippen LogP contribution < -0.4 is 5.32 Å². The second-order valence-electron chi connectivity index (χ2n) is 4.02. The van der Waals surface area contributed by atoms with Crippen molar-refractivity contribution in [2.45, 2.75) is 13.8 Å². The standard InChI is InChI=1S/C13H11BrCl2N2/c1-7-5-9(14)13(17-6-7)18-12-10(15)4-3-8(2)11(12)16/h3-6H,1-2H3,(H,17,18). The molecule has 0 fully saturated rings. The van der Waals surface area contributed by atoms with Gasteiger partial charge in [-0.05, 0) is 53.0 Å². The Morgan fingerprint density at radius 3 is 2.61 bits per heavy atom. The normalized spacial score (nSPS) is 10.5. The molecule has 5 heteroatoms. The number of rotatable bonds is 2. The topological polar surface area (TPSA) is 24.9 Å². The summed E-state index contributed by atoms with van der Waals surface area (Å²) in [5.41, 5.74) is 2.72. The molecule has 2 nitrogen and oxygen atoms in total. The van der Waals surface area contributed by atoms with Crippen molar-refractivity contribution in [2.75, 3.05) is 5.32 Å². The quantitative estimate of drug-likeness (QED) is 0.776. The summed E-state index contributed by atoms with van der Waals surface area (Å²) in [5, 5.41) is 4.33. The average molecular weight is 346 g/mol. The number of anilines is 2. The number of hydrogen-bond donors (Lipinski definition) is 1. The largest absolute Gasteiger partial charge is 0.337 e. The molecule has 0 aliphatic rings. The van der Waals surface area contributed by atoms with Crippen LogP contribution in [0.2, 0.25) is 10.0 Å². The van der Waals surface area contributed by atoms with Crippen LogP contribution in [0.4, 0.5) is 11.5 Å². The van der Waals surface area contributed by atoms with Crippen molar-refractivity contribution in [3.05, 3.63) is 50.0 Å². The van der Waals surface area contributed by atoms with E-state index >= 15 is 0 Å². The molecule has 1 aromatic heterocycles. The molecular weight excluding hydrogens is 335 g/mol. The van der Waals surface area contributed by atoms with Crippen molar-refractivity contribution in [3.63, 3.8) is 0 Å². The lowest BCUT2D eigenvalue weighted by molar-refractivity contribution is 1.24. The van der Waals surface area contributed by atoms with Crippen LogP contribution in [0.5, 0.6) is 0 Å². The third kappa shape index (κ3) is 2.79. The Kier molecular flexibility index (Phi) is 4.15. The van der Waals surface area contributed by atoms with Gasteiger partial charge < -0.3 is 5.32 Å². The Morgan fingerprint density at radius 2 is 1.94 bits per heavy atom. The maximum Gasteiger partial charge on any atom is 0.144 e. The second kappa shape index (κ2) is 5.47. The lowest BCUT2D eigenvalue weighted by atomic mass is 10.2. The molecule has 18 heavy (non-hydrogen) atoms. The summed E-state index contributed by atoms with van der Waals surface area (Å²) in [6, 6.07) is 5.67. The lowest BCUT2D eigenvalue weighted by Gasteiger charge is -2.12. The van der Waals surface area contributed by atoms with Crippen molar-refractivity contribution >= 4 is 50.6 Å². The predicted octanol–water partition coefficient (Wildman–Crippen LogP) is 5.51. The van der Waals surface area contributed by atoms with Gasteiger partial charge in [0.25, 0.3) is 0 Å². The van der Waals surface area contributed by atoms with E-state index in [1.807, 2.05) is 32.0 Å². The number of aromatic nitrogens is 1. The number of benzene rings is 1. The molecule has 0 saturated heterocycles. The minimum atomic E-state index is 0.569. The first-order valence-electron chi connectivity index (χ1n) is 5.33. The summed E-state index contributed by atoms with van der Waals surface area (Å²) in [6.07, 6.45) is 1.78. The van der Waals surface area contributed by atoms with Crippen LogP contribution in [-0.2, 0) is 0 Å². The third-order valence-corrected chi connectivity index (χ3v) is 3.91. The maximum absolute atomic E-state index is 6.24. The molecule has 0 spiro atoms. The number of halogens is 3. The van der Waals surface area contributed by atoms with Gasteiger partial charge in [0, 0.05) is 6.20 Å². The Labute approximate surface area is 124 Å². The van der Waals surface area contributed by atoms with E-state index in [1.165, 1.54) is 0 Å². The average Bonchev–Trinajstić information content (AvgIpc) is 2.32. The zero-order valence-corrected chi connectivity index (χ0v) is 13.0. The molecule has 0 unspecified atom stereocenters. The number of hydrogen-bond acceptors (Lipinski definition) is 2. The van der Waals surface area contributed by atoms with Crippen molar-refractivity contribution in [2.24, 2.45) is 0 Å². The molecule has 0 aliphatic carbocycles. The Hall–Kier alpha value is -0.770. The number of nitrogens with zero attached hydrogens (tertiary/aromatic N) is 1. The van der Waals surface area contributed by atoms with E-state index in [-0.39, 0.29) is 0 Å². The Morgan fingerprint density at radius 1 is 1.22 bits per heavy atom. The molecule has 0 atom stereocenters. The summed E-state index contributed by atoms with van der Waals surface area (Å²) < 4.78 is 0.871. The van der Waals surface area contributed by atoms with Gasteiger partial charge in [0.05, 0.1) is 20.2 Å². The second-order valence-corrected chi connectivity index (χ2v) is 5.66. The highest BCUT2D eigenvalue weighted by molar-refractivity contribution is 9.10. The van der Waals surface area contributed by atoms with E-state index in [0.29, 0.717) is 21.6 Å².